The monoisotopic (exact) mass is 325 g/mol. The number of aliphatic carboxylic acids is 1. The molecule has 22 heavy (non-hydrogen) atoms. The largest absolute Gasteiger partial charge is 0.480 e. The molecule has 0 aliphatic carbocycles. The Labute approximate surface area is 130 Å². The van der Waals surface area contributed by atoms with Crippen LogP contribution in [-0.2, 0) is 19.1 Å². The molecule has 1 heterocycles. The molecule has 0 aliphatic heterocycles. The van der Waals surface area contributed by atoms with Crippen molar-refractivity contribution in [1.29, 1.82) is 0 Å². The van der Waals surface area contributed by atoms with Crippen LogP contribution in [0.15, 0.2) is 16.8 Å². The maximum Gasteiger partial charge on any atom is 0.326 e. The third-order valence-electron chi connectivity index (χ3n) is 2.82. The smallest absolute Gasteiger partial charge is 0.326 e. The third-order valence-corrected chi connectivity index (χ3v) is 3.52. The Morgan fingerprint density at radius 1 is 1.55 bits per heavy atom. The van der Waals surface area contributed by atoms with Crippen molar-refractivity contribution in [2.24, 2.45) is 0 Å². The highest BCUT2D eigenvalue weighted by atomic mass is 32.1. The summed E-state index contributed by atoms with van der Waals surface area (Å²) in [6, 6.07) is 0.468. The number of Topliss-reactive ketones (excluding diaryl/α,β-unsaturated/α-hetero) is 1. The summed E-state index contributed by atoms with van der Waals surface area (Å²) < 4.78 is 5.08. The van der Waals surface area contributed by atoms with Crippen LogP contribution >= 0.6 is 11.3 Å². The second-order valence-corrected chi connectivity index (χ2v) is 5.10. The number of carbonyl (C=O) groups is 3. The Bertz CT molecular complexity index is 581. The van der Waals surface area contributed by atoms with Gasteiger partial charge in [-0.1, -0.05) is 0 Å². The first kappa shape index (κ1) is 17.7. The number of hydrogen-bond acceptors (Lipinski definition) is 5. The number of ketones is 1. The highest BCUT2D eigenvalue weighted by Crippen LogP contribution is 2.20. The van der Waals surface area contributed by atoms with Gasteiger partial charge < -0.3 is 20.7 Å². The van der Waals surface area contributed by atoms with Crippen LogP contribution in [0.5, 0.6) is 0 Å². The summed E-state index contributed by atoms with van der Waals surface area (Å²) in [5, 5.41) is 14.9. The van der Waals surface area contributed by atoms with Gasteiger partial charge in [0.05, 0.1) is 0 Å². The van der Waals surface area contributed by atoms with E-state index in [0.29, 0.717) is 11.8 Å². The SMILES string of the molecule is CO[C@H](C(=O)N[C@@H](CCC(=O)C=[N+]=[N-])C(=O)O)c1ccsc1. The molecule has 0 bridgehead atoms. The van der Waals surface area contributed by atoms with Gasteiger partial charge in [0, 0.05) is 19.1 Å². The number of carboxylic acid groups (broad SMARTS) is 1. The molecule has 0 radical (unpaired) electrons. The van der Waals surface area contributed by atoms with Crippen molar-refractivity contribution in [3.05, 3.63) is 27.9 Å². The summed E-state index contributed by atoms with van der Waals surface area (Å²) in [5.74, 6) is -2.40. The average molecular weight is 325 g/mol. The van der Waals surface area contributed by atoms with Crippen molar-refractivity contribution in [2.75, 3.05) is 7.11 Å². The van der Waals surface area contributed by atoms with Crippen molar-refractivity contribution in [3.8, 4) is 0 Å². The van der Waals surface area contributed by atoms with Crippen molar-refractivity contribution in [3.63, 3.8) is 0 Å². The number of carboxylic acids is 1. The maximum absolute atomic E-state index is 12.1. The van der Waals surface area contributed by atoms with Crippen LogP contribution in [0.25, 0.3) is 5.53 Å². The molecule has 9 heteroatoms. The molecule has 8 nitrogen and oxygen atoms in total. The van der Waals surface area contributed by atoms with Gasteiger partial charge in [-0.2, -0.15) is 16.1 Å². The van der Waals surface area contributed by atoms with Gasteiger partial charge in [-0.05, 0) is 23.2 Å². The van der Waals surface area contributed by atoms with Crippen LogP contribution in [0.1, 0.15) is 24.5 Å². The van der Waals surface area contributed by atoms with Crippen LogP contribution < -0.4 is 5.32 Å². The zero-order valence-electron chi connectivity index (χ0n) is 11.8. The molecule has 0 saturated carbocycles. The lowest BCUT2D eigenvalue weighted by molar-refractivity contribution is -0.144. The van der Waals surface area contributed by atoms with E-state index in [1.807, 2.05) is 0 Å². The quantitative estimate of drug-likeness (QED) is 0.391. The van der Waals surface area contributed by atoms with E-state index in [1.165, 1.54) is 18.4 Å². The second-order valence-electron chi connectivity index (χ2n) is 4.32. The number of ether oxygens (including phenoxy) is 1. The van der Waals surface area contributed by atoms with Gasteiger partial charge in [-0.25, -0.2) is 4.79 Å². The Balaban J connectivity index is 2.69. The number of nitrogens with zero attached hydrogens (tertiary/aromatic N) is 2. The fraction of sp³-hybridized carbons (Fsp3) is 0.385. The van der Waals surface area contributed by atoms with Crippen molar-refractivity contribution < 1.29 is 29.0 Å². The number of methoxy groups -OCH3 is 1. The van der Waals surface area contributed by atoms with E-state index in [2.05, 4.69) is 10.1 Å². The van der Waals surface area contributed by atoms with Crippen LogP contribution in [0.2, 0.25) is 0 Å². The number of thiophene rings is 1. The van der Waals surface area contributed by atoms with E-state index in [1.54, 1.807) is 16.8 Å². The number of hydrogen-bond donors (Lipinski definition) is 2. The Morgan fingerprint density at radius 2 is 2.27 bits per heavy atom. The normalized spacial score (nSPS) is 12.8. The minimum Gasteiger partial charge on any atom is -0.480 e. The molecule has 0 aliphatic rings. The van der Waals surface area contributed by atoms with Crippen molar-refractivity contribution in [1.82, 2.24) is 5.32 Å². The lowest BCUT2D eigenvalue weighted by atomic mass is 10.1. The van der Waals surface area contributed by atoms with E-state index in [9.17, 15) is 14.4 Å². The number of carbonyl (C=O) groups excluding carboxylic acids is 2. The Hall–Kier alpha value is -2.35. The molecule has 1 amide bonds. The molecule has 2 N–H and O–H groups in total. The van der Waals surface area contributed by atoms with Gasteiger partial charge in [0.1, 0.15) is 6.04 Å². The van der Waals surface area contributed by atoms with Gasteiger partial charge in [-0.15, -0.1) is 0 Å². The molecule has 2 atom stereocenters. The standard InChI is InChI=1S/C13H15N3O5S/c1-21-11(8-4-5-22-7-8)12(18)16-10(13(19)20)3-2-9(17)6-15-14/h4-7,10-11H,2-3H2,1H3,(H,16,18)(H,19,20)/t10-,11-/m0/s1. The summed E-state index contributed by atoms with van der Waals surface area (Å²) >= 11 is 1.39. The lowest BCUT2D eigenvalue weighted by Gasteiger charge is -2.18. The predicted octanol–water partition coefficient (Wildman–Crippen LogP) is 0.655. The van der Waals surface area contributed by atoms with Gasteiger partial charge in [0.25, 0.3) is 5.91 Å². The van der Waals surface area contributed by atoms with E-state index in [0.717, 1.165) is 0 Å². The molecule has 1 rings (SSSR count). The van der Waals surface area contributed by atoms with E-state index >= 15 is 0 Å². The lowest BCUT2D eigenvalue weighted by Crippen LogP contribution is -2.43. The maximum atomic E-state index is 12.1. The van der Waals surface area contributed by atoms with Crippen molar-refractivity contribution >= 4 is 35.2 Å². The fourth-order valence-corrected chi connectivity index (χ4v) is 2.41. The third kappa shape index (κ3) is 5.21. The molecule has 0 fully saturated rings. The highest BCUT2D eigenvalue weighted by Gasteiger charge is 2.27. The van der Waals surface area contributed by atoms with E-state index in [-0.39, 0.29) is 12.8 Å². The molecule has 1 aromatic rings. The first-order valence-corrected chi connectivity index (χ1v) is 7.22. The summed E-state index contributed by atoms with van der Waals surface area (Å²) in [6.45, 7) is 0. The summed E-state index contributed by atoms with van der Waals surface area (Å²) in [7, 11) is 1.35. The van der Waals surface area contributed by atoms with E-state index in [4.69, 9.17) is 15.4 Å². The van der Waals surface area contributed by atoms with Crippen LogP contribution in [0.3, 0.4) is 0 Å². The number of rotatable bonds is 9. The second kappa shape index (κ2) is 8.83. The van der Waals surface area contributed by atoms with Gasteiger partial charge in [0.15, 0.2) is 6.10 Å². The zero-order valence-corrected chi connectivity index (χ0v) is 12.6. The summed E-state index contributed by atoms with van der Waals surface area (Å²) in [6.07, 6.45) is -0.518. The molecule has 118 valence electrons. The molecule has 0 saturated heterocycles. The van der Waals surface area contributed by atoms with Crippen LogP contribution in [0.4, 0.5) is 0 Å². The topological polar surface area (TPSA) is 129 Å². The first-order valence-electron chi connectivity index (χ1n) is 6.28. The van der Waals surface area contributed by atoms with Crippen LogP contribution in [-0.4, -0.2) is 46.9 Å². The first-order chi connectivity index (χ1) is 10.5. The molecular weight excluding hydrogens is 310 g/mol. The fourth-order valence-electron chi connectivity index (χ4n) is 1.74. The summed E-state index contributed by atoms with van der Waals surface area (Å²) in [4.78, 5) is 37.0. The Kier molecular flexibility index (Phi) is 7.11. The van der Waals surface area contributed by atoms with Gasteiger partial charge >= 0.3 is 12.2 Å². The minimum atomic E-state index is -1.26. The van der Waals surface area contributed by atoms with Crippen LogP contribution in [0, 0.1) is 0 Å². The summed E-state index contributed by atoms with van der Waals surface area (Å²) in [5.41, 5.74) is 8.84. The molecule has 0 spiro atoms. The van der Waals surface area contributed by atoms with Gasteiger partial charge in [-0.3, -0.25) is 9.59 Å². The molecule has 0 unspecified atom stereocenters. The molecule has 1 aromatic heterocycles. The average Bonchev–Trinajstić information content (AvgIpc) is 2.98. The molecule has 0 aromatic carbocycles. The zero-order chi connectivity index (χ0) is 16.5. The Morgan fingerprint density at radius 3 is 2.77 bits per heavy atom. The van der Waals surface area contributed by atoms with Gasteiger partial charge in [0.2, 0.25) is 5.78 Å². The number of amides is 1. The molecular formula is C13H15N3O5S. The minimum absolute atomic E-state index is 0.119. The van der Waals surface area contributed by atoms with Crippen molar-refractivity contribution in [2.45, 2.75) is 25.0 Å². The number of nitrogens with one attached hydrogen (secondary N) is 1. The predicted molar refractivity (Wildman–Crippen MR) is 77.6 cm³/mol. The van der Waals surface area contributed by atoms with E-state index < -0.39 is 29.8 Å². The highest BCUT2D eigenvalue weighted by molar-refractivity contribution is 7.08.